The molecule has 0 unspecified atom stereocenters. The van der Waals surface area contributed by atoms with Crippen molar-refractivity contribution in [3.8, 4) is 5.69 Å². The van der Waals surface area contributed by atoms with Gasteiger partial charge in [-0.15, -0.1) is 0 Å². The number of hydrogen-bond acceptors (Lipinski definition) is 4. The average molecular weight is 383 g/mol. The van der Waals surface area contributed by atoms with Crippen molar-refractivity contribution >= 4 is 5.91 Å². The van der Waals surface area contributed by atoms with Crippen LogP contribution >= 0.6 is 0 Å². The van der Waals surface area contributed by atoms with Crippen LogP contribution in [0.3, 0.4) is 0 Å². The quantitative estimate of drug-likeness (QED) is 0.697. The maximum Gasteiger partial charge on any atom is 0.257 e. The van der Waals surface area contributed by atoms with E-state index in [1.54, 1.807) is 51.9 Å². The van der Waals surface area contributed by atoms with Crippen LogP contribution in [-0.2, 0) is 11.8 Å². The Kier molecular flexibility index (Phi) is 4.72. The summed E-state index contributed by atoms with van der Waals surface area (Å²) in [5.74, 6) is -0.443. The van der Waals surface area contributed by atoms with Crippen molar-refractivity contribution in [3.63, 3.8) is 0 Å². The molecular formula is C20H22FN5O2. The van der Waals surface area contributed by atoms with Crippen molar-refractivity contribution in [2.45, 2.75) is 19.9 Å². The minimum absolute atomic E-state index is 0.0983. The van der Waals surface area contributed by atoms with Gasteiger partial charge < -0.3 is 9.64 Å². The number of para-hydroxylation sites is 1. The average Bonchev–Trinajstić information content (AvgIpc) is 3.25. The fourth-order valence-electron chi connectivity index (χ4n) is 3.78. The third kappa shape index (κ3) is 3.09. The van der Waals surface area contributed by atoms with Crippen LogP contribution in [0.15, 0.2) is 36.7 Å². The molecule has 1 aromatic carbocycles. The monoisotopic (exact) mass is 383 g/mol. The molecule has 0 aliphatic carbocycles. The van der Waals surface area contributed by atoms with Crippen LogP contribution in [0.1, 0.15) is 33.4 Å². The largest absolute Gasteiger partial charge is 0.377 e. The van der Waals surface area contributed by atoms with Gasteiger partial charge in [0.15, 0.2) is 0 Å². The van der Waals surface area contributed by atoms with Crippen molar-refractivity contribution in [2.24, 2.45) is 7.05 Å². The fraction of sp³-hybridized carbons (Fsp3) is 0.350. The normalized spacial score (nSPS) is 17.1. The molecule has 0 N–H and O–H groups in total. The number of amides is 1. The molecule has 1 aliphatic heterocycles. The number of ether oxygens (including phenoxy) is 1. The molecule has 0 saturated carbocycles. The predicted molar refractivity (Wildman–Crippen MR) is 101 cm³/mol. The number of carbonyl (C=O) groups excluding carboxylic acids is 1. The lowest BCUT2D eigenvalue weighted by molar-refractivity contribution is -0.00304. The summed E-state index contributed by atoms with van der Waals surface area (Å²) in [6.45, 7) is 5.09. The van der Waals surface area contributed by atoms with Crippen molar-refractivity contribution in [1.29, 1.82) is 0 Å². The molecule has 3 aromatic rings. The van der Waals surface area contributed by atoms with E-state index in [1.807, 2.05) is 13.8 Å². The van der Waals surface area contributed by atoms with Gasteiger partial charge in [0.2, 0.25) is 0 Å². The number of carbonyl (C=O) groups is 1. The highest BCUT2D eigenvalue weighted by molar-refractivity contribution is 5.94. The van der Waals surface area contributed by atoms with Gasteiger partial charge >= 0.3 is 0 Å². The van der Waals surface area contributed by atoms with Gasteiger partial charge in [-0.2, -0.15) is 10.2 Å². The van der Waals surface area contributed by atoms with Crippen molar-refractivity contribution < 1.29 is 13.9 Å². The van der Waals surface area contributed by atoms with E-state index in [9.17, 15) is 9.18 Å². The van der Waals surface area contributed by atoms with Crippen molar-refractivity contribution in [1.82, 2.24) is 24.5 Å². The number of benzene rings is 1. The van der Waals surface area contributed by atoms with Gasteiger partial charge in [-0.3, -0.25) is 9.48 Å². The first-order valence-electron chi connectivity index (χ1n) is 9.15. The Balaban J connectivity index is 1.74. The topological polar surface area (TPSA) is 65.2 Å². The second kappa shape index (κ2) is 7.20. The third-order valence-electron chi connectivity index (χ3n) is 5.10. The Morgan fingerprint density at radius 3 is 2.79 bits per heavy atom. The number of nitrogens with zero attached hydrogens (tertiary/aromatic N) is 5. The van der Waals surface area contributed by atoms with Gasteiger partial charge in [0.1, 0.15) is 11.5 Å². The molecule has 0 radical (unpaired) electrons. The van der Waals surface area contributed by atoms with Crippen LogP contribution in [0.25, 0.3) is 5.69 Å². The zero-order valence-corrected chi connectivity index (χ0v) is 16.1. The molecule has 7 nitrogen and oxygen atoms in total. The van der Waals surface area contributed by atoms with Crippen molar-refractivity contribution in [2.75, 3.05) is 19.8 Å². The smallest absolute Gasteiger partial charge is 0.257 e. The predicted octanol–water partition coefficient (Wildman–Crippen LogP) is 2.58. The molecule has 1 saturated heterocycles. The zero-order valence-electron chi connectivity index (χ0n) is 16.1. The number of aromatic nitrogens is 4. The fourth-order valence-corrected chi connectivity index (χ4v) is 3.78. The van der Waals surface area contributed by atoms with Gasteiger partial charge in [-0.25, -0.2) is 9.07 Å². The Bertz CT molecular complexity index is 1030. The summed E-state index contributed by atoms with van der Waals surface area (Å²) in [4.78, 5) is 14.9. The van der Waals surface area contributed by atoms with Gasteiger partial charge in [0.05, 0.1) is 36.7 Å². The molecule has 4 rings (SSSR count). The lowest BCUT2D eigenvalue weighted by Crippen LogP contribution is -2.43. The lowest BCUT2D eigenvalue weighted by atomic mass is 10.0. The SMILES string of the molecule is Cc1nn(-c2ccccc2F)c(C)c1[C@H]1COCCN1C(=O)c1cnn(C)c1. The number of rotatable bonds is 3. The van der Waals surface area contributed by atoms with E-state index in [4.69, 9.17) is 4.74 Å². The summed E-state index contributed by atoms with van der Waals surface area (Å²) in [5, 5.41) is 8.65. The molecule has 1 amide bonds. The maximum absolute atomic E-state index is 14.3. The van der Waals surface area contributed by atoms with Crippen LogP contribution in [0, 0.1) is 19.7 Å². The van der Waals surface area contributed by atoms with Gasteiger partial charge in [0.25, 0.3) is 5.91 Å². The zero-order chi connectivity index (χ0) is 19.8. The molecule has 1 fully saturated rings. The van der Waals surface area contributed by atoms with E-state index in [2.05, 4.69) is 10.2 Å². The van der Waals surface area contributed by atoms with Gasteiger partial charge in [0, 0.05) is 31.0 Å². The van der Waals surface area contributed by atoms with Crippen LogP contribution < -0.4 is 0 Å². The molecule has 0 spiro atoms. The van der Waals surface area contributed by atoms with Crippen LogP contribution in [-0.4, -0.2) is 50.1 Å². The highest BCUT2D eigenvalue weighted by atomic mass is 19.1. The van der Waals surface area contributed by atoms with Crippen LogP contribution in [0.2, 0.25) is 0 Å². The molecule has 8 heteroatoms. The molecule has 2 aromatic heterocycles. The Hall–Kier alpha value is -3.00. The maximum atomic E-state index is 14.3. The number of hydrogen-bond donors (Lipinski definition) is 0. The molecule has 146 valence electrons. The second-order valence-electron chi connectivity index (χ2n) is 6.94. The van der Waals surface area contributed by atoms with E-state index < -0.39 is 0 Å². The third-order valence-corrected chi connectivity index (χ3v) is 5.10. The number of halogens is 1. The molecule has 3 heterocycles. The Morgan fingerprint density at radius 2 is 2.07 bits per heavy atom. The molecule has 1 atom stereocenters. The van der Waals surface area contributed by atoms with Crippen molar-refractivity contribution in [3.05, 3.63) is 65.0 Å². The number of morpholine rings is 1. The first kappa shape index (κ1) is 18.4. The van der Waals surface area contributed by atoms with Gasteiger partial charge in [-0.1, -0.05) is 12.1 Å². The van der Waals surface area contributed by atoms with E-state index in [1.165, 1.54) is 6.07 Å². The minimum Gasteiger partial charge on any atom is -0.377 e. The molecule has 28 heavy (non-hydrogen) atoms. The summed E-state index contributed by atoms with van der Waals surface area (Å²) >= 11 is 0. The summed E-state index contributed by atoms with van der Waals surface area (Å²) in [7, 11) is 1.78. The molecule has 1 aliphatic rings. The first-order valence-corrected chi connectivity index (χ1v) is 9.15. The number of aryl methyl sites for hydroxylation is 2. The van der Waals surface area contributed by atoms with E-state index in [-0.39, 0.29) is 17.8 Å². The van der Waals surface area contributed by atoms with E-state index >= 15 is 0 Å². The standard InChI is InChI=1S/C20H22FN5O2/c1-13-19(14(2)26(23-13)17-7-5-4-6-16(17)21)18-12-28-9-8-25(18)20(27)15-10-22-24(3)11-15/h4-7,10-11,18H,8-9,12H2,1-3H3/t18-/m1/s1. The Morgan fingerprint density at radius 1 is 1.29 bits per heavy atom. The minimum atomic E-state index is -0.345. The highest BCUT2D eigenvalue weighted by Gasteiger charge is 2.34. The lowest BCUT2D eigenvalue weighted by Gasteiger charge is -2.35. The summed E-state index contributed by atoms with van der Waals surface area (Å²) in [6, 6.07) is 6.23. The summed E-state index contributed by atoms with van der Waals surface area (Å²) in [5.41, 5.74) is 3.35. The first-order chi connectivity index (χ1) is 13.5. The molecular weight excluding hydrogens is 361 g/mol. The van der Waals surface area contributed by atoms with Crippen LogP contribution in [0.4, 0.5) is 4.39 Å². The van der Waals surface area contributed by atoms with E-state index in [0.717, 1.165) is 17.0 Å². The summed E-state index contributed by atoms with van der Waals surface area (Å²) in [6.07, 6.45) is 3.27. The molecule has 0 bridgehead atoms. The Labute approximate surface area is 162 Å². The second-order valence-corrected chi connectivity index (χ2v) is 6.94. The van der Waals surface area contributed by atoms with E-state index in [0.29, 0.717) is 31.0 Å². The highest BCUT2D eigenvalue weighted by Crippen LogP contribution is 2.32. The summed E-state index contributed by atoms with van der Waals surface area (Å²) < 4.78 is 23.2. The van der Waals surface area contributed by atoms with Crippen LogP contribution in [0.5, 0.6) is 0 Å². The van der Waals surface area contributed by atoms with Gasteiger partial charge in [-0.05, 0) is 26.0 Å².